The topological polar surface area (TPSA) is 96.4 Å². The second kappa shape index (κ2) is 9.54. The number of aliphatic hydroxyl groups is 1. The Hall–Kier alpha value is -3.65. The maximum atomic E-state index is 14.2. The van der Waals surface area contributed by atoms with Gasteiger partial charge in [-0.1, -0.05) is 31.5 Å². The second-order valence-corrected chi connectivity index (χ2v) is 8.72. The molecule has 0 aromatic heterocycles. The highest BCUT2D eigenvalue weighted by atomic mass is 16.5. The van der Waals surface area contributed by atoms with Gasteiger partial charge in [0.15, 0.2) is 5.54 Å². The van der Waals surface area contributed by atoms with Crippen LogP contribution in [0, 0.1) is 6.92 Å². The summed E-state index contributed by atoms with van der Waals surface area (Å²) in [6, 6.07) is 12.1. The van der Waals surface area contributed by atoms with E-state index in [1.54, 1.807) is 42.3 Å². The van der Waals surface area contributed by atoms with Crippen LogP contribution in [0.4, 0.5) is 5.69 Å². The number of nitrogens with zero attached hydrogens (tertiary/aromatic N) is 2. The van der Waals surface area contributed by atoms with Gasteiger partial charge in [0, 0.05) is 31.3 Å². The van der Waals surface area contributed by atoms with Gasteiger partial charge in [-0.05, 0) is 43.2 Å². The minimum atomic E-state index is -1.77. The van der Waals surface area contributed by atoms with Crippen LogP contribution < -0.4 is 9.64 Å². The largest absolute Gasteiger partial charge is 0.507 e. The van der Waals surface area contributed by atoms with Gasteiger partial charge in [0.25, 0.3) is 17.6 Å². The van der Waals surface area contributed by atoms with E-state index < -0.39 is 28.9 Å². The third-order valence-electron chi connectivity index (χ3n) is 6.73. The van der Waals surface area contributed by atoms with Crippen LogP contribution in [0.15, 0.2) is 48.0 Å². The molecule has 1 saturated heterocycles. The number of amides is 2. The van der Waals surface area contributed by atoms with Crippen molar-refractivity contribution in [1.82, 2.24) is 4.90 Å². The Labute approximate surface area is 204 Å². The van der Waals surface area contributed by atoms with E-state index in [0.717, 1.165) is 18.4 Å². The number of aryl methyl sites for hydroxylation is 1. The number of hydrogen-bond acceptors (Lipinski definition) is 6. The van der Waals surface area contributed by atoms with E-state index in [9.17, 15) is 19.5 Å². The average Bonchev–Trinajstić information content (AvgIpc) is 3.23. The molecular weight excluding hydrogens is 448 g/mol. The zero-order chi connectivity index (χ0) is 25.3. The minimum absolute atomic E-state index is 0.0151. The molecule has 0 radical (unpaired) electrons. The zero-order valence-electron chi connectivity index (χ0n) is 20.5. The van der Waals surface area contributed by atoms with Crippen molar-refractivity contribution >= 4 is 29.0 Å². The first-order valence-corrected chi connectivity index (χ1v) is 11.7. The summed E-state index contributed by atoms with van der Waals surface area (Å²) in [7, 11) is 3.03. The Morgan fingerprint density at radius 1 is 1.06 bits per heavy atom. The molecule has 8 heteroatoms. The van der Waals surface area contributed by atoms with Gasteiger partial charge in [-0.15, -0.1) is 0 Å². The van der Waals surface area contributed by atoms with Gasteiger partial charge in [-0.25, -0.2) is 0 Å². The van der Waals surface area contributed by atoms with E-state index in [-0.39, 0.29) is 18.7 Å². The molecule has 2 aromatic carbocycles. The van der Waals surface area contributed by atoms with Crippen molar-refractivity contribution in [2.24, 2.45) is 0 Å². The number of fused-ring (bicyclic) bond motifs is 2. The van der Waals surface area contributed by atoms with Crippen molar-refractivity contribution in [1.29, 1.82) is 0 Å². The van der Waals surface area contributed by atoms with Crippen molar-refractivity contribution in [2.45, 2.75) is 32.2 Å². The summed E-state index contributed by atoms with van der Waals surface area (Å²) < 4.78 is 10.5. The highest BCUT2D eigenvalue weighted by Crippen LogP contribution is 2.53. The van der Waals surface area contributed by atoms with Crippen molar-refractivity contribution in [3.8, 4) is 5.75 Å². The molecule has 4 rings (SSSR count). The number of hydrogen-bond donors (Lipinski definition) is 1. The van der Waals surface area contributed by atoms with Gasteiger partial charge in [0.05, 0.1) is 25.0 Å². The molecule has 184 valence electrons. The predicted octanol–water partition coefficient (Wildman–Crippen LogP) is 3.37. The van der Waals surface area contributed by atoms with Crippen molar-refractivity contribution < 1.29 is 29.0 Å². The summed E-state index contributed by atoms with van der Waals surface area (Å²) >= 11 is 0. The average molecular weight is 479 g/mol. The Morgan fingerprint density at radius 2 is 1.80 bits per heavy atom. The number of ether oxygens (including phenoxy) is 2. The van der Waals surface area contributed by atoms with E-state index >= 15 is 0 Å². The fourth-order valence-electron chi connectivity index (χ4n) is 5.06. The molecule has 2 amide bonds. The first-order chi connectivity index (χ1) is 16.8. The van der Waals surface area contributed by atoms with Crippen LogP contribution >= 0.6 is 0 Å². The normalized spacial score (nSPS) is 20.7. The number of ketones is 1. The first kappa shape index (κ1) is 24.5. The second-order valence-electron chi connectivity index (χ2n) is 8.72. The lowest BCUT2D eigenvalue weighted by atomic mass is 9.81. The van der Waals surface area contributed by atoms with Crippen LogP contribution in [0.25, 0.3) is 5.76 Å². The predicted molar refractivity (Wildman–Crippen MR) is 131 cm³/mol. The molecule has 1 fully saturated rings. The summed E-state index contributed by atoms with van der Waals surface area (Å²) in [6.07, 6.45) is 1.61. The van der Waals surface area contributed by atoms with Crippen LogP contribution in [-0.2, 0) is 24.7 Å². The van der Waals surface area contributed by atoms with Crippen molar-refractivity contribution in [3.05, 3.63) is 64.7 Å². The highest BCUT2D eigenvalue weighted by molar-refractivity contribution is 6.50. The van der Waals surface area contributed by atoms with Gasteiger partial charge in [-0.3, -0.25) is 14.4 Å². The lowest BCUT2D eigenvalue weighted by molar-refractivity contribution is -0.144. The number of anilines is 1. The molecule has 1 spiro atoms. The Bertz CT molecular complexity index is 1220. The third-order valence-corrected chi connectivity index (χ3v) is 6.73. The molecule has 0 bridgehead atoms. The molecule has 0 aliphatic carbocycles. The van der Waals surface area contributed by atoms with Gasteiger partial charge < -0.3 is 24.4 Å². The number of rotatable bonds is 8. The SMILES string of the molecule is CCCCN1C(=O)C2(/C(=C(\O)c3ccc(OC)c(C)c3)C(=O)C(=O)N2CCOC)c2ccccc21. The summed E-state index contributed by atoms with van der Waals surface area (Å²) in [5.74, 6) is -1.93. The summed E-state index contributed by atoms with van der Waals surface area (Å²) in [6.45, 7) is 4.41. The summed E-state index contributed by atoms with van der Waals surface area (Å²) in [5.41, 5.74) is 0.205. The van der Waals surface area contributed by atoms with E-state index in [4.69, 9.17) is 9.47 Å². The maximum absolute atomic E-state index is 14.2. The summed E-state index contributed by atoms with van der Waals surface area (Å²) in [5, 5.41) is 11.5. The van der Waals surface area contributed by atoms with Crippen molar-refractivity contribution in [3.63, 3.8) is 0 Å². The lowest BCUT2D eigenvalue weighted by Crippen LogP contribution is -2.52. The van der Waals surface area contributed by atoms with E-state index in [1.165, 1.54) is 12.0 Å². The smallest absolute Gasteiger partial charge is 0.296 e. The number of unbranched alkanes of at least 4 members (excludes halogenated alkanes) is 1. The molecule has 2 aliphatic rings. The fourth-order valence-corrected chi connectivity index (χ4v) is 5.06. The van der Waals surface area contributed by atoms with E-state index in [1.807, 2.05) is 26.0 Å². The molecule has 1 N–H and O–H groups in total. The van der Waals surface area contributed by atoms with E-state index in [0.29, 0.717) is 29.1 Å². The van der Waals surface area contributed by atoms with Gasteiger partial charge in [-0.2, -0.15) is 0 Å². The molecule has 35 heavy (non-hydrogen) atoms. The first-order valence-electron chi connectivity index (χ1n) is 11.7. The van der Waals surface area contributed by atoms with E-state index in [2.05, 4.69) is 0 Å². The molecule has 1 atom stereocenters. The van der Waals surface area contributed by atoms with Crippen LogP contribution in [0.1, 0.15) is 36.5 Å². The molecule has 8 nitrogen and oxygen atoms in total. The van der Waals surface area contributed by atoms with Gasteiger partial charge in [0.2, 0.25) is 0 Å². The van der Waals surface area contributed by atoms with Gasteiger partial charge >= 0.3 is 0 Å². The number of Topliss-reactive ketones (excluding diaryl/α,β-unsaturated/α-hetero) is 1. The Balaban J connectivity index is 2.02. The number of likely N-dealkylation sites (tertiary alicyclic amines) is 1. The number of aliphatic hydroxyl groups excluding tert-OH is 1. The molecule has 2 heterocycles. The number of benzene rings is 2. The van der Waals surface area contributed by atoms with Crippen LogP contribution in [0.5, 0.6) is 5.75 Å². The number of para-hydroxylation sites is 1. The number of methoxy groups -OCH3 is 2. The quantitative estimate of drug-likeness (QED) is 0.355. The van der Waals surface area contributed by atoms with Crippen LogP contribution in [0.3, 0.4) is 0 Å². The molecule has 1 unspecified atom stereocenters. The number of carbonyl (C=O) groups is 3. The number of carbonyl (C=O) groups excluding carboxylic acids is 3. The monoisotopic (exact) mass is 478 g/mol. The van der Waals surface area contributed by atoms with Crippen molar-refractivity contribution in [2.75, 3.05) is 38.8 Å². The third kappa shape index (κ3) is 3.60. The van der Waals surface area contributed by atoms with Crippen LogP contribution in [-0.4, -0.2) is 61.5 Å². The fraction of sp³-hybridized carbons (Fsp3) is 0.370. The molecule has 0 saturated carbocycles. The Kier molecular flexibility index (Phi) is 6.67. The van der Waals surface area contributed by atoms with Crippen LogP contribution in [0.2, 0.25) is 0 Å². The maximum Gasteiger partial charge on any atom is 0.296 e. The summed E-state index contributed by atoms with van der Waals surface area (Å²) in [4.78, 5) is 44.0. The lowest BCUT2D eigenvalue weighted by Gasteiger charge is -2.34. The standard InChI is InChI=1S/C27H30N2O6/c1-5-6-13-28-20-10-8-7-9-19(20)27(26(28)33)22(24(31)25(32)29(27)14-15-34-3)23(30)18-11-12-21(35-4)17(2)16-18/h7-12,16,30H,5-6,13-15H2,1-4H3/b23-22-. The molecule has 2 aliphatic heterocycles. The van der Waals surface area contributed by atoms with Gasteiger partial charge in [0.1, 0.15) is 11.5 Å². The zero-order valence-corrected chi connectivity index (χ0v) is 20.5. The molecule has 2 aromatic rings. The molecular formula is C27H30N2O6. The highest BCUT2D eigenvalue weighted by Gasteiger charge is 2.66. The minimum Gasteiger partial charge on any atom is -0.507 e. The Morgan fingerprint density at radius 3 is 2.46 bits per heavy atom.